The summed E-state index contributed by atoms with van der Waals surface area (Å²) in [5, 5.41) is 7.70. The maximum atomic E-state index is 12.6. The van der Waals surface area contributed by atoms with Crippen molar-refractivity contribution in [2.75, 3.05) is 19.5 Å². The molecule has 2 aromatic rings. The van der Waals surface area contributed by atoms with Crippen LogP contribution in [0, 0.1) is 0 Å². The van der Waals surface area contributed by atoms with E-state index in [1.807, 2.05) is 24.3 Å². The molecule has 3 rings (SSSR count). The van der Waals surface area contributed by atoms with Gasteiger partial charge in [-0.2, -0.15) is 0 Å². The maximum absolute atomic E-state index is 12.6. The van der Waals surface area contributed by atoms with Gasteiger partial charge in [0.05, 0.1) is 19.1 Å². The number of rotatable bonds is 10. The quantitative estimate of drug-likeness (QED) is 0.324. The number of hydrogen-bond acceptors (Lipinski definition) is 9. The molecule has 0 spiro atoms. The SMILES string of the molecule is COC(=O)CC[C@H](NC(=O)c1ccc(CNc2cccc(/C=C3\SC(=O)NC3=O)c2)cc1)C(=O)OC. The molecular weight excluding hydrogens is 486 g/mol. The lowest BCUT2D eigenvalue weighted by molar-refractivity contribution is -0.144. The highest BCUT2D eigenvalue weighted by Crippen LogP contribution is 2.26. The number of thioether (sulfide) groups is 1. The van der Waals surface area contributed by atoms with Gasteiger partial charge in [-0.25, -0.2) is 4.79 Å². The molecule has 3 amide bonds. The van der Waals surface area contributed by atoms with Crippen LogP contribution in [0.1, 0.15) is 34.3 Å². The lowest BCUT2D eigenvalue weighted by Gasteiger charge is -2.16. The Morgan fingerprint density at radius 2 is 1.81 bits per heavy atom. The molecule has 2 aromatic carbocycles. The van der Waals surface area contributed by atoms with E-state index in [2.05, 4.69) is 20.7 Å². The fourth-order valence-electron chi connectivity index (χ4n) is 3.29. The van der Waals surface area contributed by atoms with Crippen LogP contribution in [0.4, 0.5) is 10.5 Å². The molecule has 1 aliphatic heterocycles. The second-order valence-electron chi connectivity index (χ2n) is 7.69. The fraction of sp³-hybridized carbons (Fsp3) is 0.240. The normalized spacial score (nSPS) is 14.7. The molecular formula is C25H25N3O7S. The monoisotopic (exact) mass is 511 g/mol. The molecule has 188 valence electrons. The second-order valence-corrected chi connectivity index (χ2v) is 8.71. The molecule has 0 aliphatic carbocycles. The fourth-order valence-corrected chi connectivity index (χ4v) is 3.97. The number of carbonyl (C=O) groups is 5. The van der Waals surface area contributed by atoms with E-state index in [1.54, 1.807) is 30.3 Å². The van der Waals surface area contributed by atoms with Gasteiger partial charge >= 0.3 is 11.9 Å². The number of ether oxygens (including phenoxy) is 2. The van der Waals surface area contributed by atoms with E-state index < -0.39 is 29.8 Å². The first-order valence-electron chi connectivity index (χ1n) is 10.9. The van der Waals surface area contributed by atoms with E-state index in [9.17, 15) is 24.0 Å². The van der Waals surface area contributed by atoms with Crippen molar-refractivity contribution < 1.29 is 33.4 Å². The van der Waals surface area contributed by atoms with Crippen LogP contribution in [0.2, 0.25) is 0 Å². The Kier molecular flexibility index (Phi) is 9.23. The highest BCUT2D eigenvalue weighted by atomic mass is 32.2. The number of esters is 2. The summed E-state index contributed by atoms with van der Waals surface area (Å²) < 4.78 is 9.28. The Bertz CT molecular complexity index is 1190. The van der Waals surface area contributed by atoms with Gasteiger partial charge in [0.15, 0.2) is 0 Å². The zero-order valence-corrected chi connectivity index (χ0v) is 20.5. The third-order valence-electron chi connectivity index (χ3n) is 5.20. The summed E-state index contributed by atoms with van der Waals surface area (Å²) in [4.78, 5) is 59.3. The lowest BCUT2D eigenvalue weighted by Crippen LogP contribution is -2.41. The molecule has 0 radical (unpaired) electrons. The molecule has 1 fully saturated rings. The molecule has 0 unspecified atom stereocenters. The van der Waals surface area contributed by atoms with Gasteiger partial charge in [-0.1, -0.05) is 24.3 Å². The molecule has 1 aliphatic rings. The predicted octanol–water partition coefficient (Wildman–Crippen LogP) is 2.85. The van der Waals surface area contributed by atoms with Gasteiger partial charge in [0.1, 0.15) is 6.04 Å². The largest absolute Gasteiger partial charge is 0.469 e. The number of nitrogens with one attached hydrogen (secondary N) is 3. The Morgan fingerprint density at radius 3 is 2.44 bits per heavy atom. The zero-order chi connectivity index (χ0) is 26.1. The average molecular weight is 512 g/mol. The van der Waals surface area contributed by atoms with Crippen molar-refractivity contribution in [2.45, 2.75) is 25.4 Å². The van der Waals surface area contributed by atoms with Gasteiger partial charge in [0, 0.05) is 24.2 Å². The number of carbonyl (C=O) groups excluding carboxylic acids is 5. The van der Waals surface area contributed by atoms with Crippen molar-refractivity contribution >= 4 is 52.5 Å². The Labute approximate surface area is 211 Å². The number of methoxy groups -OCH3 is 2. The zero-order valence-electron chi connectivity index (χ0n) is 19.7. The topological polar surface area (TPSA) is 140 Å². The van der Waals surface area contributed by atoms with E-state index >= 15 is 0 Å². The summed E-state index contributed by atoms with van der Waals surface area (Å²) in [6.45, 7) is 0.472. The minimum atomic E-state index is -0.975. The van der Waals surface area contributed by atoms with E-state index in [4.69, 9.17) is 4.74 Å². The number of amides is 3. The molecule has 36 heavy (non-hydrogen) atoms. The van der Waals surface area contributed by atoms with Crippen LogP contribution < -0.4 is 16.0 Å². The van der Waals surface area contributed by atoms with Gasteiger partial charge in [-0.05, 0) is 59.7 Å². The van der Waals surface area contributed by atoms with E-state index in [1.165, 1.54) is 14.2 Å². The van der Waals surface area contributed by atoms with Crippen LogP contribution in [0.15, 0.2) is 53.4 Å². The van der Waals surface area contributed by atoms with E-state index in [0.29, 0.717) is 17.0 Å². The second kappa shape index (κ2) is 12.5. The molecule has 1 saturated heterocycles. The summed E-state index contributed by atoms with van der Waals surface area (Å²) in [6, 6.07) is 13.2. The molecule has 1 atom stereocenters. The molecule has 1 heterocycles. The van der Waals surface area contributed by atoms with Crippen molar-refractivity contribution in [3.63, 3.8) is 0 Å². The van der Waals surface area contributed by atoms with Crippen molar-refractivity contribution in [2.24, 2.45) is 0 Å². The minimum Gasteiger partial charge on any atom is -0.469 e. The van der Waals surface area contributed by atoms with E-state index in [0.717, 1.165) is 28.6 Å². The van der Waals surface area contributed by atoms with Crippen LogP contribution in [0.5, 0.6) is 0 Å². The van der Waals surface area contributed by atoms with Gasteiger partial charge in [-0.15, -0.1) is 0 Å². The molecule has 0 saturated carbocycles. The van der Waals surface area contributed by atoms with Crippen LogP contribution in [0.3, 0.4) is 0 Å². The molecule has 0 aromatic heterocycles. The van der Waals surface area contributed by atoms with Gasteiger partial charge in [-0.3, -0.25) is 24.5 Å². The van der Waals surface area contributed by atoms with E-state index in [-0.39, 0.29) is 18.1 Å². The van der Waals surface area contributed by atoms with Crippen molar-refractivity contribution in [1.82, 2.24) is 10.6 Å². The minimum absolute atomic E-state index is 0.0381. The third kappa shape index (κ3) is 7.44. The Morgan fingerprint density at radius 1 is 1.06 bits per heavy atom. The summed E-state index contributed by atoms with van der Waals surface area (Å²) in [5.41, 5.74) is 2.84. The molecule has 11 heteroatoms. The highest BCUT2D eigenvalue weighted by molar-refractivity contribution is 8.18. The summed E-state index contributed by atoms with van der Waals surface area (Å²) in [6.07, 6.45) is 1.67. The number of imide groups is 1. The first kappa shape index (κ1) is 26.5. The van der Waals surface area contributed by atoms with Gasteiger partial charge in [0.2, 0.25) is 0 Å². The number of benzene rings is 2. The number of hydrogen-bond donors (Lipinski definition) is 3. The van der Waals surface area contributed by atoms with Crippen LogP contribution in [0.25, 0.3) is 6.08 Å². The number of anilines is 1. The predicted molar refractivity (Wildman–Crippen MR) is 134 cm³/mol. The smallest absolute Gasteiger partial charge is 0.328 e. The third-order valence-corrected chi connectivity index (χ3v) is 6.01. The van der Waals surface area contributed by atoms with Crippen LogP contribution >= 0.6 is 11.8 Å². The van der Waals surface area contributed by atoms with Gasteiger partial charge in [0.25, 0.3) is 17.1 Å². The lowest BCUT2D eigenvalue weighted by atomic mass is 10.1. The Hall–Kier alpha value is -4.12. The summed E-state index contributed by atoms with van der Waals surface area (Å²) in [7, 11) is 2.46. The van der Waals surface area contributed by atoms with Crippen LogP contribution in [-0.4, -0.2) is 49.3 Å². The molecule has 10 nitrogen and oxygen atoms in total. The molecule has 3 N–H and O–H groups in total. The highest BCUT2D eigenvalue weighted by Gasteiger charge is 2.25. The average Bonchev–Trinajstić information content (AvgIpc) is 3.20. The van der Waals surface area contributed by atoms with Crippen molar-refractivity contribution in [3.05, 3.63) is 70.1 Å². The van der Waals surface area contributed by atoms with Gasteiger partial charge < -0.3 is 20.1 Å². The summed E-state index contributed by atoms with van der Waals surface area (Å²) in [5.74, 6) is -2.02. The molecule has 0 bridgehead atoms. The van der Waals surface area contributed by atoms with Crippen LogP contribution in [-0.2, 0) is 30.4 Å². The first-order valence-corrected chi connectivity index (χ1v) is 11.7. The first-order chi connectivity index (χ1) is 17.3. The maximum Gasteiger partial charge on any atom is 0.328 e. The standard InChI is InChI=1S/C25H25N3O7S/c1-34-21(29)11-10-19(24(32)35-2)27-22(30)17-8-6-15(7-9-17)14-26-18-5-3-4-16(12-18)13-20-23(31)28-25(33)36-20/h3-9,12-13,19,26H,10-11,14H2,1-2H3,(H,27,30)(H,28,31,33)/b20-13-/t19-/m0/s1. The van der Waals surface area contributed by atoms with Crippen molar-refractivity contribution in [1.29, 1.82) is 0 Å². The Balaban J connectivity index is 1.58. The summed E-state index contributed by atoms with van der Waals surface area (Å²) >= 11 is 0.862. The van der Waals surface area contributed by atoms with Crippen molar-refractivity contribution in [3.8, 4) is 0 Å².